The van der Waals surface area contributed by atoms with Crippen molar-refractivity contribution in [2.45, 2.75) is 0 Å². The Morgan fingerprint density at radius 1 is 1.42 bits per heavy atom. The Morgan fingerprint density at radius 2 is 2.17 bits per heavy atom. The van der Waals surface area contributed by atoms with Gasteiger partial charge in [0.2, 0.25) is 5.95 Å². The van der Waals surface area contributed by atoms with Gasteiger partial charge in [-0.15, -0.1) is 0 Å². The number of anilines is 1. The standard InChI is InChI=1S/C8H12N4/c1-2-10-8(11-3-1)12-6-7-4-9-5-7/h1-3,7,9H,4-6H2,(H,10,11,12). The van der Waals surface area contributed by atoms with Gasteiger partial charge in [0.15, 0.2) is 0 Å². The van der Waals surface area contributed by atoms with E-state index in [0.717, 1.165) is 31.5 Å². The molecule has 0 amide bonds. The summed E-state index contributed by atoms with van der Waals surface area (Å²) in [4.78, 5) is 8.13. The van der Waals surface area contributed by atoms with E-state index in [-0.39, 0.29) is 0 Å². The maximum Gasteiger partial charge on any atom is 0.222 e. The van der Waals surface area contributed by atoms with Gasteiger partial charge < -0.3 is 10.6 Å². The molecule has 0 atom stereocenters. The number of hydrogen-bond donors (Lipinski definition) is 2. The molecule has 1 aromatic heterocycles. The first kappa shape index (κ1) is 7.49. The molecule has 0 aromatic carbocycles. The summed E-state index contributed by atoms with van der Waals surface area (Å²) in [6.07, 6.45) is 3.49. The van der Waals surface area contributed by atoms with Gasteiger partial charge in [0.05, 0.1) is 0 Å². The Hall–Kier alpha value is -1.16. The van der Waals surface area contributed by atoms with Crippen LogP contribution in [0.4, 0.5) is 5.95 Å². The lowest BCUT2D eigenvalue weighted by Gasteiger charge is -2.26. The van der Waals surface area contributed by atoms with Crippen LogP contribution in [0.3, 0.4) is 0 Å². The Bertz CT molecular complexity index is 232. The van der Waals surface area contributed by atoms with Gasteiger partial charge in [0.1, 0.15) is 0 Å². The number of nitrogens with one attached hydrogen (secondary N) is 2. The van der Waals surface area contributed by atoms with E-state index in [1.54, 1.807) is 12.4 Å². The molecular formula is C8H12N4. The first-order valence-corrected chi connectivity index (χ1v) is 4.17. The average molecular weight is 164 g/mol. The van der Waals surface area contributed by atoms with Crippen molar-refractivity contribution >= 4 is 5.95 Å². The van der Waals surface area contributed by atoms with Crippen molar-refractivity contribution in [3.8, 4) is 0 Å². The van der Waals surface area contributed by atoms with Gasteiger partial charge in [-0.2, -0.15) is 0 Å². The highest BCUT2D eigenvalue weighted by Gasteiger charge is 2.15. The van der Waals surface area contributed by atoms with Crippen LogP contribution in [0.2, 0.25) is 0 Å². The third-order valence-corrected chi connectivity index (χ3v) is 1.98. The van der Waals surface area contributed by atoms with Gasteiger partial charge in [-0.1, -0.05) is 0 Å². The highest BCUT2D eigenvalue weighted by molar-refractivity contribution is 5.22. The molecule has 0 radical (unpaired) electrons. The number of aromatic nitrogens is 2. The summed E-state index contributed by atoms with van der Waals surface area (Å²) in [5.74, 6) is 1.47. The molecule has 0 spiro atoms. The van der Waals surface area contributed by atoms with Crippen molar-refractivity contribution < 1.29 is 0 Å². The molecule has 1 fully saturated rings. The molecule has 0 aliphatic carbocycles. The Balaban J connectivity index is 1.79. The largest absolute Gasteiger partial charge is 0.354 e. The molecule has 2 N–H and O–H groups in total. The molecule has 2 heterocycles. The van der Waals surface area contributed by atoms with E-state index in [2.05, 4.69) is 20.6 Å². The van der Waals surface area contributed by atoms with Crippen molar-refractivity contribution in [2.24, 2.45) is 5.92 Å². The Labute approximate surface area is 71.4 Å². The van der Waals surface area contributed by atoms with Crippen LogP contribution in [0, 0.1) is 5.92 Å². The molecular weight excluding hydrogens is 152 g/mol. The van der Waals surface area contributed by atoms with E-state index in [9.17, 15) is 0 Å². The van der Waals surface area contributed by atoms with Gasteiger partial charge >= 0.3 is 0 Å². The SMILES string of the molecule is c1cnc(NCC2CNC2)nc1. The van der Waals surface area contributed by atoms with Gasteiger partial charge in [-0.25, -0.2) is 9.97 Å². The van der Waals surface area contributed by atoms with Crippen LogP contribution < -0.4 is 10.6 Å². The summed E-state index contributed by atoms with van der Waals surface area (Å²) in [5, 5.41) is 6.40. The average Bonchev–Trinajstić information content (AvgIpc) is 2.04. The van der Waals surface area contributed by atoms with Crippen LogP contribution in [0.5, 0.6) is 0 Å². The fourth-order valence-electron chi connectivity index (χ4n) is 1.12. The molecule has 0 saturated carbocycles. The molecule has 0 unspecified atom stereocenters. The Kier molecular flexibility index (Phi) is 2.18. The first-order valence-electron chi connectivity index (χ1n) is 4.17. The third-order valence-electron chi connectivity index (χ3n) is 1.98. The molecule has 1 saturated heterocycles. The van der Waals surface area contributed by atoms with Gasteiger partial charge in [-0.3, -0.25) is 0 Å². The Morgan fingerprint density at radius 3 is 2.75 bits per heavy atom. The third kappa shape index (κ3) is 1.71. The van der Waals surface area contributed by atoms with E-state index in [1.807, 2.05) is 6.07 Å². The second-order valence-electron chi connectivity index (χ2n) is 2.98. The topological polar surface area (TPSA) is 49.8 Å². The summed E-state index contributed by atoms with van der Waals surface area (Å²) >= 11 is 0. The maximum absolute atomic E-state index is 4.07. The van der Waals surface area contributed by atoms with E-state index in [0.29, 0.717) is 0 Å². The number of rotatable bonds is 3. The lowest BCUT2D eigenvalue weighted by molar-refractivity contribution is 0.365. The monoisotopic (exact) mass is 164 g/mol. The molecule has 0 bridgehead atoms. The van der Waals surface area contributed by atoms with Crippen molar-refractivity contribution in [3.63, 3.8) is 0 Å². The van der Waals surface area contributed by atoms with Crippen LogP contribution >= 0.6 is 0 Å². The smallest absolute Gasteiger partial charge is 0.222 e. The first-order chi connectivity index (χ1) is 5.95. The predicted octanol–water partition coefficient (Wildman–Crippen LogP) is 0.108. The van der Waals surface area contributed by atoms with Crippen LogP contribution in [0.15, 0.2) is 18.5 Å². The second kappa shape index (κ2) is 3.49. The lowest BCUT2D eigenvalue weighted by Crippen LogP contribution is -2.45. The van der Waals surface area contributed by atoms with Crippen LogP contribution in [-0.4, -0.2) is 29.6 Å². The number of hydrogen-bond acceptors (Lipinski definition) is 4. The van der Waals surface area contributed by atoms with E-state index >= 15 is 0 Å². The molecule has 64 valence electrons. The minimum absolute atomic E-state index is 0.726. The summed E-state index contributed by atoms with van der Waals surface area (Å²) in [6.45, 7) is 3.19. The fourth-order valence-corrected chi connectivity index (χ4v) is 1.12. The van der Waals surface area contributed by atoms with E-state index in [4.69, 9.17) is 0 Å². The lowest BCUT2D eigenvalue weighted by atomic mass is 10.0. The predicted molar refractivity (Wildman–Crippen MR) is 46.9 cm³/mol. The molecule has 1 aliphatic rings. The van der Waals surface area contributed by atoms with Crippen molar-refractivity contribution in [1.82, 2.24) is 15.3 Å². The second-order valence-corrected chi connectivity index (χ2v) is 2.98. The van der Waals surface area contributed by atoms with Gasteiger partial charge in [-0.05, 0) is 6.07 Å². The molecule has 4 nitrogen and oxygen atoms in total. The summed E-state index contributed by atoms with van der Waals surface area (Å²) in [5.41, 5.74) is 0. The van der Waals surface area contributed by atoms with Crippen LogP contribution in [0.1, 0.15) is 0 Å². The molecule has 2 rings (SSSR count). The highest BCUT2D eigenvalue weighted by Crippen LogP contribution is 2.03. The van der Waals surface area contributed by atoms with E-state index < -0.39 is 0 Å². The van der Waals surface area contributed by atoms with Gasteiger partial charge in [0.25, 0.3) is 0 Å². The van der Waals surface area contributed by atoms with Crippen LogP contribution in [-0.2, 0) is 0 Å². The summed E-state index contributed by atoms with van der Waals surface area (Å²) in [6, 6.07) is 1.82. The molecule has 4 heteroatoms. The molecule has 12 heavy (non-hydrogen) atoms. The zero-order chi connectivity index (χ0) is 8.23. The van der Waals surface area contributed by atoms with Crippen molar-refractivity contribution in [3.05, 3.63) is 18.5 Å². The van der Waals surface area contributed by atoms with Crippen molar-refractivity contribution in [2.75, 3.05) is 25.0 Å². The fraction of sp³-hybridized carbons (Fsp3) is 0.500. The van der Waals surface area contributed by atoms with Crippen molar-refractivity contribution in [1.29, 1.82) is 0 Å². The van der Waals surface area contributed by atoms with E-state index in [1.165, 1.54) is 0 Å². The maximum atomic E-state index is 4.07. The minimum Gasteiger partial charge on any atom is -0.354 e. The zero-order valence-electron chi connectivity index (χ0n) is 6.83. The van der Waals surface area contributed by atoms with Crippen LogP contribution in [0.25, 0.3) is 0 Å². The highest BCUT2D eigenvalue weighted by atomic mass is 15.1. The normalized spacial score (nSPS) is 17.0. The molecule has 1 aliphatic heterocycles. The number of nitrogens with zero attached hydrogens (tertiary/aromatic N) is 2. The quantitative estimate of drug-likeness (QED) is 0.665. The minimum atomic E-state index is 0.726. The summed E-state index contributed by atoms with van der Waals surface area (Å²) in [7, 11) is 0. The zero-order valence-corrected chi connectivity index (χ0v) is 6.83. The molecule has 1 aromatic rings. The summed E-state index contributed by atoms with van der Waals surface area (Å²) < 4.78 is 0. The van der Waals surface area contributed by atoms with Gasteiger partial charge in [0, 0.05) is 37.9 Å².